The van der Waals surface area contributed by atoms with Crippen LogP contribution >= 0.6 is 11.6 Å². The number of hydrogen-bond acceptors (Lipinski definition) is 3. The van der Waals surface area contributed by atoms with E-state index in [4.69, 9.17) is 17.3 Å². The van der Waals surface area contributed by atoms with Gasteiger partial charge in [0.05, 0.1) is 0 Å². The molecule has 1 aromatic heterocycles. The number of primary amides is 1. The number of alkyl halides is 2. The lowest BCUT2D eigenvalue weighted by molar-refractivity contribution is -0.161. The Kier molecular flexibility index (Phi) is 3.09. The number of amides is 1. The summed E-state index contributed by atoms with van der Waals surface area (Å²) in [5.74, 6) is -1.50. The SMILES string of the molecule is CC(F)(F)Oc1nc(Cl)ccc1C(N)=O. The molecule has 0 saturated carbocycles. The van der Waals surface area contributed by atoms with Crippen LogP contribution in [0.15, 0.2) is 12.1 Å². The van der Waals surface area contributed by atoms with Crippen molar-refractivity contribution < 1.29 is 18.3 Å². The number of rotatable bonds is 3. The van der Waals surface area contributed by atoms with Crippen molar-refractivity contribution in [2.45, 2.75) is 13.0 Å². The standard InChI is InChI=1S/C8H7ClF2N2O2/c1-8(10,11)15-7-4(6(12)14)2-3-5(9)13-7/h2-3H,1H3,(H2,12,14). The van der Waals surface area contributed by atoms with Gasteiger partial charge >= 0.3 is 6.11 Å². The van der Waals surface area contributed by atoms with Gasteiger partial charge in [-0.05, 0) is 12.1 Å². The molecule has 1 rings (SSSR count). The number of hydrogen-bond donors (Lipinski definition) is 1. The van der Waals surface area contributed by atoms with E-state index in [-0.39, 0.29) is 10.7 Å². The average molecular weight is 237 g/mol. The van der Waals surface area contributed by atoms with Gasteiger partial charge < -0.3 is 10.5 Å². The van der Waals surface area contributed by atoms with Gasteiger partial charge in [-0.15, -0.1) is 0 Å². The molecule has 0 aliphatic heterocycles. The zero-order valence-electron chi connectivity index (χ0n) is 7.63. The Hall–Kier alpha value is -1.43. The fraction of sp³-hybridized carbons (Fsp3) is 0.250. The summed E-state index contributed by atoms with van der Waals surface area (Å²) in [6.45, 7) is 0.514. The first-order valence-corrected chi connectivity index (χ1v) is 4.20. The highest BCUT2D eigenvalue weighted by Gasteiger charge is 2.26. The summed E-state index contributed by atoms with van der Waals surface area (Å²) in [5, 5.41) is -0.0701. The number of aromatic nitrogens is 1. The Bertz CT molecular complexity index is 393. The minimum atomic E-state index is -3.46. The second-order valence-electron chi connectivity index (χ2n) is 2.76. The summed E-state index contributed by atoms with van der Waals surface area (Å²) in [4.78, 5) is 14.3. The number of ether oxygens (including phenoxy) is 1. The molecule has 4 nitrogen and oxygen atoms in total. The van der Waals surface area contributed by atoms with Gasteiger partial charge in [0.25, 0.3) is 5.91 Å². The second-order valence-corrected chi connectivity index (χ2v) is 3.15. The minimum absolute atomic E-state index is 0.0701. The van der Waals surface area contributed by atoms with Crippen LogP contribution in [0, 0.1) is 0 Å². The Morgan fingerprint density at radius 2 is 2.20 bits per heavy atom. The van der Waals surface area contributed by atoms with Gasteiger partial charge in [-0.25, -0.2) is 4.98 Å². The van der Waals surface area contributed by atoms with E-state index in [9.17, 15) is 13.6 Å². The molecule has 0 spiro atoms. The van der Waals surface area contributed by atoms with Crippen LogP contribution in [0.25, 0.3) is 0 Å². The van der Waals surface area contributed by atoms with Gasteiger partial charge in [-0.3, -0.25) is 4.79 Å². The molecule has 1 amide bonds. The van der Waals surface area contributed by atoms with Crippen molar-refractivity contribution in [3.05, 3.63) is 22.8 Å². The summed E-state index contributed by atoms with van der Waals surface area (Å²) in [7, 11) is 0. The van der Waals surface area contributed by atoms with E-state index in [0.717, 1.165) is 0 Å². The van der Waals surface area contributed by atoms with Crippen LogP contribution in [0.5, 0.6) is 5.88 Å². The highest BCUT2D eigenvalue weighted by molar-refractivity contribution is 6.29. The van der Waals surface area contributed by atoms with E-state index in [1.54, 1.807) is 0 Å². The Balaban J connectivity index is 3.13. The number of pyridine rings is 1. The molecule has 0 aliphatic rings. The lowest BCUT2D eigenvalue weighted by Crippen LogP contribution is -2.23. The molecule has 0 atom stereocenters. The van der Waals surface area contributed by atoms with E-state index in [2.05, 4.69) is 9.72 Å². The van der Waals surface area contributed by atoms with Crippen LogP contribution in [-0.2, 0) is 0 Å². The van der Waals surface area contributed by atoms with Gasteiger partial charge in [0.2, 0.25) is 5.88 Å². The summed E-state index contributed by atoms with van der Waals surface area (Å²) >= 11 is 5.46. The van der Waals surface area contributed by atoms with Crippen LogP contribution in [0.3, 0.4) is 0 Å². The molecular formula is C8H7ClF2N2O2. The van der Waals surface area contributed by atoms with E-state index in [1.165, 1.54) is 12.1 Å². The van der Waals surface area contributed by atoms with Crippen molar-refractivity contribution in [3.63, 3.8) is 0 Å². The molecule has 15 heavy (non-hydrogen) atoms. The highest BCUT2D eigenvalue weighted by atomic mass is 35.5. The predicted octanol–water partition coefficient (Wildman–Crippen LogP) is 1.83. The third-order valence-electron chi connectivity index (χ3n) is 1.37. The third kappa shape index (κ3) is 3.32. The molecule has 1 heterocycles. The Morgan fingerprint density at radius 3 is 2.67 bits per heavy atom. The smallest absolute Gasteiger partial charge is 0.396 e. The number of halogens is 3. The molecule has 1 aromatic rings. The van der Waals surface area contributed by atoms with Crippen molar-refractivity contribution in [1.82, 2.24) is 4.98 Å². The van der Waals surface area contributed by atoms with Crippen LogP contribution in [0.4, 0.5) is 8.78 Å². The van der Waals surface area contributed by atoms with Gasteiger partial charge in [0.1, 0.15) is 10.7 Å². The lowest BCUT2D eigenvalue weighted by Gasteiger charge is -2.13. The largest absolute Gasteiger partial charge is 0.414 e. The zero-order valence-corrected chi connectivity index (χ0v) is 8.39. The summed E-state index contributed by atoms with van der Waals surface area (Å²) in [5.41, 5.74) is 4.69. The fourth-order valence-corrected chi connectivity index (χ4v) is 0.993. The number of carbonyl (C=O) groups is 1. The van der Waals surface area contributed by atoms with Gasteiger partial charge in [-0.2, -0.15) is 8.78 Å². The van der Waals surface area contributed by atoms with Crippen LogP contribution in [0.2, 0.25) is 5.15 Å². The monoisotopic (exact) mass is 236 g/mol. The quantitative estimate of drug-likeness (QED) is 0.814. The summed E-state index contributed by atoms with van der Waals surface area (Å²) < 4.78 is 29.2. The molecule has 0 saturated heterocycles. The van der Waals surface area contributed by atoms with Crippen molar-refractivity contribution in [3.8, 4) is 5.88 Å². The molecule has 0 bridgehead atoms. The summed E-state index contributed by atoms with van der Waals surface area (Å²) in [6.07, 6.45) is -3.46. The van der Waals surface area contributed by atoms with Gasteiger partial charge in [0.15, 0.2) is 0 Å². The maximum atomic E-state index is 12.5. The number of carbonyl (C=O) groups excluding carboxylic acids is 1. The molecule has 82 valence electrons. The van der Waals surface area contributed by atoms with Crippen LogP contribution in [-0.4, -0.2) is 17.0 Å². The molecule has 0 fully saturated rings. The molecule has 0 unspecified atom stereocenters. The van der Waals surface area contributed by atoms with Crippen LogP contribution in [0.1, 0.15) is 17.3 Å². The number of nitrogens with zero attached hydrogens (tertiary/aromatic N) is 1. The predicted molar refractivity (Wildman–Crippen MR) is 49.0 cm³/mol. The number of nitrogens with two attached hydrogens (primary N) is 1. The maximum absolute atomic E-state index is 12.5. The Labute approximate surface area is 89.0 Å². The first kappa shape index (κ1) is 11.6. The molecule has 0 radical (unpaired) electrons. The normalized spacial score (nSPS) is 11.2. The van der Waals surface area contributed by atoms with Crippen molar-refractivity contribution in [2.24, 2.45) is 5.73 Å². The third-order valence-corrected chi connectivity index (χ3v) is 1.58. The van der Waals surface area contributed by atoms with E-state index >= 15 is 0 Å². The molecular weight excluding hydrogens is 230 g/mol. The van der Waals surface area contributed by atoms with Crippen molar-refractivity contribution in [2.75, 3.05) is 0 Å². The molecule has 0 aliphatic carbocycles. The van der Waals surface area contributed by atoms with Crippen molar-refractivity contribution >= 4 is 17.5 Å². The van der Waals surface area contributed by atoms with Gasteiger partial charge in [0, 0.05) is 6.92 Å². The summed E-state index contributed by atoms with van der Waals surface area (Å²) in [6, 6.07) is 2.42. The first-order chi connectivity index (χ1) is 6.79. The van der Waals surface area contributed by atoms with E-state index in [1.807, 2.05) is 0 Å². The molecule has 2 N–H and O–H groups in total. The molecule has 0 aromatic carbocycles. The van der Waals surface area contributed by atoms with Crippen LogP contribution < -0.4 is 10.5 Å². The van der Waals surface area contributed by atoms with E-state index < -0.39 is 17.9 Å². The highest BCUT2D eigenvalue weighted by Crippen LogP contribution is 2.24. The topological polar surface area (TPSA) is 65.2 Å². The van der Waals surface area contributed by atoms with Gasteiger partial charge in [-0.1, -0.05) is 11.6 Å². The average Bonchev–Trinajstić information content (AvgIpc) is 1.99. The first-order valence-electron chi connectivity index (χ1n) is 3.83. The fourth-order valence-electron chi connectivity index (χ4n) is 0.853. The minimum Gasteiger partial charge on any atom is -0.414 e. The second kappa shape index (κ2) is 3.98. The maximum Gasteiger partial charge on any atom is 0.396 e. The van der Waals surface area contributed by atoms with Crippen molar-refractivity contribution in [1.29, 1.82) is 0 Å². The zero-order chi connectivity index (χ0) is 11.6. The lowest BCUT2D eigenvalue weighted by atomic mass is 10.2. The Morgan fingerprint density at radius 1 is 1.60 bits per heavy atom. The molecule has 7 heteroatoms. The van der Waals surface area contributed by atoms with E-state index in [0.29, 0.717) is 6.92 Å².